The van der Waals surface area contributed by atoms with Crippen molar-refractivity contribution in [2.45, 2.75) is 12.3 Å². The minimum atomic E-state index is -0.918. The molecule has 1 N–H and O–H groups in total. The van der Waals surface area contributed by atoms with Crippen LogP contribution in [0.3, 0.4) is 0 Å². The minimum Gasteiger partial charge on any atom is -0.481 e. The zero-order valence-corrected chi connectivity index (χ0v) is 11.3. The fourth-order valence-electron chi connectivity index (χ4n) is 1.70. The molecule has 1 atom stereocenters. The molecule has 0 aliphatic carbocycles. The zero-order valence-electron chi connectivity index (χ0n) is 9.75. The molecule has 2 rings (SSSR count). The van der Waals surface area contributed by atoms with Gasteiger partial charge in [0, 0.05) is 11.4 Å². The molecule has 0 aliphatic heterocycles. The van der Waals surface area contributed by atoms with E-state index < -0.39 is 11.9 Å². The van der Waals surface area contributed by atoms with E-state index in [1.54, 1.807) is 24.3 Å². The number of aliphatic carboxylic acids is 1. The van der Waals surface area contributed by atoms with Gasteiger partial charge in [-0.2, -0.15) is 0 Å². The van der Waals surface area contributed by atoms with Gasteiger partial charge in [0.2, 0.25) is 0 Å². The molecular weight excluding hydrogens is 287 g/mol. The Bertz CT molecular complexity index is 570. The van der Waals surface area contributed by atoms with Crippen LogP contribution in [0.2, 0.25) is 10.2 Å². The van der Waals surface area contributed by atoms with Crippen molar-refractivity contribution < 1.29 is 9.90 Å². The Labute approximate surface area is 120 Å². The molecule has 0 saturated carbocycles. The minimum absolute atomic E-state index is 0.251. The molecular formula is C13H10Cl2N2O2. The lowest BCUT2D eigenvalue weighted by atomic mass is 9.94. The fraction of sp³-hybridized carbons (Fsp3) is 0.154. The van der Waals surface area contributed by atoms with Crippen molar-refractivity contribution in [2.75, 3.05) is 0 Å². The van der Waals surface area contributed by atoms with Gasteiger partial charge in [0.15, 0.2) is 0 Å². The topological polar surface area (TPSA) is 63.1 Å². The summed E-state index contributed by atoms with van der Waals surface area (Å²) in [6.45, 7) is 0. The predicted octanol–water partition coefficient (Wildman–Crippen LogP) is 3.19. The Hall–Kier alpha value is -1.65. The second kappa shape index (κ2) is 5.99. The first-order valence-corrected chi connectivity index (χ1v) is 6.26. The average molecular weight is 297 g/mol. The molecule has 19 heavy (non-hydrogen) atoms. The highest BCUT2D eigenvalue weighted by Gasteiger charge is 2.21. The van der Waals surface area contributed by atoms with Crippen LogP contribution in [0.4, 0.5) is 0 Å². The Balaban J connectivity index is 2.23. The number of aromatic nitrogens is 2. The third-order valence-corrected chi connectivity index (χ3v) is 3.10. The van der Waals surface area contributed by atoms with Gasteiger partial charge < -0.3 is 5.11 Å². The second-order valence-corrected chi connectivity index (χ2v) is 4.80. The van der Waals surface area contributed by atoms with Crippen LogP contribution in [0, 0.1) is 0 Å². The van der Waals surface area contributed by atoms with Crippen molar-refractivity contribution in [1.82, 2.24) is 9.97 Å². The molecule has 0 amide bonds. The van der Waals surface area contributed by atoms with E-state index in [9.17, 15) is 9.90 Å². The molecule has 4 nitrogen and oxygen atoms in total. The van der Waals surface area contributed by atoms with Gasteiger partial charge in [-0.1, -0.05) is 35.3 Å². The van der Waals surface area contributed by atoms with Gasteiger partial charge in [-0.15, -0.1) is 0 Å². The first-order valence-electron chi connectivity index (χ1n) is 5.51. The van der Waals surface area contributed by atoms with Crippen LogP contribution in [-0.2, 0) is 11.2 Å². The van der Waals surface area contributed by atoms with Gasteiger partial charge >= 0.3 is 5.97 Å². The zero-order chi connectivity index (χ0) is 13.8. The summed E-state index contributed by atoms with van der Waals surface area (Å²) in [6.07, 6.45) is 3.13. The number of nitrogens with zero attached hydrogens (tertiary/aromatic N) is 2. The van der Waals surface area contributed by atoms with Crippen molar-refractivity contribution in [2.24, 2.45) is 0 Å². The lowest BCUT2D eigenvalue weighted by Crippen LogP contribution is -2.15. The number of carbonyl (C=O) groups is 1. The summed E-state index contributed by atoms with van der Waals surface area (Å²) < 4.78 is 0. The normalized spacial score (nSPS) is 12.1. The Morgan fingerprint density at radius 1 is 1.16 bits per heavy atom. The average Bonchev–Trinajstić information content (AvgIpc) is 2.39. The third-order valence-electron chi connectivity index (χ3n) is 2.66. The second-order valence-electron chi connectivity index (χ2n) is 3.98. The van der Waals surface area contributed by atoms with Crippen LogP contribution < -0.4 is 0 Å². The van der Waals surface area contributed by atoms with Gasteiger partial charge in [-0.25, -0.2) is 4.98 Å². The van der Waals surface area contributed by atoms with Crippen LogP contribution in [0.15, 0.2) is 36.7 Å². The fourth-order valence-corrected chi connectivity index (χ4v) is 1.92. The highest BCUT2D eigenvalue weighted by atomic mass is 35.5. The Morgan fingerprint density at radius 2 is 1.84 bits per heavy atom. The van der Waals surface area contributed by atoms with E-state index in [0.29, 0.717) is 16.3 Å². The van der Waals surface area contributed by atoms with Crippen LogP contribution in [0.1, 0.15) is 17.2 Å². The molecule has 1 aromatic heterocycles. The van der Waals surface area contributed by atoms with Crippen molar-refractivity contribution in [3.63, 3.8) is 0 Å². The standard InChI is InChI=1S/C13H10Cl2N2O2/c14-9-3-1-8(2-4-9)11(13(18)19)5-10-6-17-12(15)7-16-10/h1-4,6-7,11H,5H2,(H,18,19). The van der Waals surface area contributed by atoms with E-state index in [-0.39, 0.29) is 11.6 Å². The molecule has 6 heteroatoms. The Morgan fingerprint density at radius 3 is 2.37 bits per heavy atom. The number of carboxylic acid groups (broad SMARTS) is 1. The summed E-state index contributed by atoms with van der Waals surface area (Å²) in [7, 11) is 0. The van der Waals surface area contributed by atoms with Crippen molar-refractivity contribution in [3.8, 4) is 0 Å². The lowest BCUT2D eigenvalue weighted by Gasteiger charge is -2.12. The van der Waals surface area contributed by atoms with E-state index in [1.807, 2.05) is 0 Å². The smallest absolute Gasteiger partial charge is 0.311 e. The van der Waals surface area contributed by atoms with Gasteiger partial charge in [0.25, 0.3) is 0 Å². The molecule has 1 unspecified atom stereocenters. The maximum Gasteiger partial charge on any atom is 0.311 e. The number of hydrogen-bond donors (Lipinski definition) is 1. The largest absolute Gasteiger partial charge is 0.481 e. The van der Waals surface area contributed by atoms with E-state index in [4.69, 9.17) is 23.2 Å². The molecule has 98 valence electrons. The molecule has 0 fully saturated rings. The molecule has 1 aromatic carbocycles. The van der Waals surface area contributed by atoms with Gasteiger partial charge in [0.05, 0.1) is 24.0 Å². The molecule has 0 spiro atoms. The summed E-state index contributed by atoms with van der Waals surface area (Å²) in [5.74, 6) is -1.60. The van der Waals surface area contributed by atoms with Crippen LogP contribution in [0.25, 0.3) is 0 Å². The monoisotopic (exact) mass is 296 g/mol. The quantitative estimate of drug-likeness (QED) is 0.941. The molecule has 0 saturated heterocycles. The number of benzene rings is 1. The SMILES string of the molecule is O=C(O)C(Cc1cnc(Cl)cn1)c1ccc(Cl)cc1. The number of halogens is 2. The van der Waals surface area contributed by atoms with E-state index >= 15 is 0 Å². The third kappa shape index (κ3) is 3.66. The van der Waals surface area contributed by atoms with Crippen molar-refractivity contribution in [3.05, 3.63) is 58.1 Å². The van der Waals surface area contributed by atoms with E-state index in [0.717, 1.165) is 0 Å². The summed E-state index contributed by atoms with van der Waals surface area (Å²) in [5.41, 5.74) is 1.25. The number of hydrogen-bond acceptors (Lipinski definition) is 3. The molecule has 0 aliphatic rings. The summed E-state index contributed by atoms with van der Waals surface area (Å²) >= 11 is 11.4. The van der Waals surface area contributed by atoms with Gasteiger partial charge in [-0.3, -0.25) is 9.78 Å². The Kier molecular flexibility index (Phi) is 4.35. The molecule has 0 radical (unpaired) electrons. The molecule has 0 bridgehead atoms. The maximum absolute atomic E-state index is 11.3. The van der Waals surface area contributed by atoms with Gasteiger partial charge in [-0.05, 0) is 17.7 Å². The van der Waals surface area contributed by atoms with E-state index in [1.165, 1.54) is 12.4 Å². The first-order chi connectivity index (χ1) is 9.06. The summed E-state index contributed by atoms with van der Waals surface area (Å²) in [4.78, 5) is 19.3. The summed E-state index contributed by atoms with van der Waals surface area (Å²) in [6, 6.07) is 6.73. The van der Waals surface area contributed by atoms with Crippen LogP contribution in [-0.4, -0.2) is 21.0 Å². The van der Waals surface area contributed by atoms with E-state index in [2.05, 4.69) is 9.97 Å². The highest BCUT2D eigenvalue weighted by molar-refractivity contribution is 6.30. The molecule has 1 heterocycles. The highest BCUT2D eigenvalue weighted by Crippen LogP contribution is 2.22. The lowest BCUT2D eigenvalue weighted by molar-refractivity contribution is -0.138. The number of rotatable bonds is 4. The first kappa shape index (κ1) is 13.8. The summed E-state index contributed by atoms with van der Waals surface area (Å²) in [5, 5.41) is 10.2. The predicted molar refractivity (Wildman–Crippen MR) is 72.6 cm³/mol. The van der Waals surface area contributed by atoms with Crippen molar-refractivity contribution in [1.29, 1.82) is 0 Å². The number of carboxylic acids is 1. The van der Waals surface area contributed by atoms with Crippen molar-refractivity contribution >= 4 is 29.2 Å². The molecule has 2 aromatic rings. The van der Waals surface area contributed by atoms with Crippen LogP contribution in [0.5, 0.6) is 0 Å². The van der Waals surface area contributed by atoms with Crippen LogP contribution >= 0.6 is 23.2 Å². The maximum atomic E-state index is 11.3. The van der Waals surface area contributed by atoms with Gasteiger partial charge in [0.1, 0.15) is 5.15 Å².